The van der Waals surface area contributed by atoms with E-state index < -0.39 is 5.97 Å². The first-order valence-corrected chi connectivity index (χ1v) is 5.46. The minimum absolute atomic E-state index is 0.200. The number of benzene rings is 1. The van der Waals surface area contributed by atoms with E-state index in [1.54, 1.807) is 6.07 Å². The number of hydrogen-bond donors (Lipinski definition) is 2. The van der Waals surface area contributed by atoms with Gasteiger partial charge in [-0.2, -0.15) is 12.6 Å². The zero-order valence-electron chi connectivity index (χ0n) is 7.98. The minimum Gasteiger partial charge on any atom is -0.478 e. The summed E-state index contributed by atoms with van der Waals surface area (Å²) < 4.78 is 0. The first kappa shape index (κ1) is 12.1. The summed E-state index contributed by atoms with van der Waals surface area (Å²) in [5, 5.41) is 9.18. The molecule has 0 saturated heterocycles. The van der Waals surface area contributed by atoms with E-state index in [-0.39, 0.29) is 5.56 Å². The van der Waals surface area contributed by atoms with E-state index in [2.05, 4.69) is 12.6 Å². The van der Waals surface area contributed by atoms with E-state index in [0.717, 1.165) is 17.7 Å². The molecular formula is C11H11ClO2S. The largest absolute Gasteiger partial charge is 0.478 e. The lowest BCUT2D eigenvalue weighted by atomic mass is 10.1. The Kier molecular flexibility index (Phi) is 4.72. The van der Waals surface area contributed by atoms with Gasteiger partial charge in [-0.1, -0.05) is 29.8 Å². The second kappa shape index (κ2) is 5.83. The molecule has 0 atom stereocenters. The van der Waals surface area contributed by atoms with Crippen LogP contribution in [0, 0.1) is 0 Å². The molecule has 0 amide bonds. The van der Waals surface area contributed by atoms with Crippen LogP contribution in [0.3, 0.4) is 0 Å². The van der Waals surface area contributed by atoms with Crippen molar-refractivity contribution in [2.75, 3.05) is 5.75 Å². The van der Waals surface area contributed by atoms with Gasteiger partial charge in [-0.05, 0) is 29.9 Å². The lowest BCUT2D eigenvalue weighted by Gasteiger charge is -2.00. The molecule has 0 bridgehead atoms. The zero-order chi connectivity index (χ0) is 11.3. The van der Waals surface area contributed by atoms with Gasteiger partial charge in [0.05, 0.1) is 5.56 Å². The van der Waals surface area contributed by atoms with Crippen molar-refractivity contribution in [2.45, 2.75) is 6.42 Å². The SMILES string of the molecule is O=C(O)c1ccc(C=CCCS)c(Cl)c1. The highest BCUT2D eigenvalue weighted by atomic mass is 35.5. The van der Waals surface area contributed by atoms with E-state index in [0.29, 0.717) is 5.02 Å². The molecule has 0 heterocycles. The van der Waals surface area contributed by atoms with Crippen LogP contribution in [-0.2, 0) is 0 Å². The maximum atomic E-state index is 10.6. The number of carboxylic acids is 1. The summed E-state index contributed by atoms with van der Waals surface area (Å²) in [4.78, 5) is 10.6. The Hall–Kier alpha value is -0.930. The molecule has 15 heavy (non-hydrogen) atoms. The number of carboxylic acid groups (broad SMARTS) is 1. The highest BCUT2D eigenvalue weighted by Crippen LogP contribution is 2.19. The summed E-state index contributed by atoms with van der Waals surface area (Å²) in [6.45, 7) is 0. The molecule has 80 valence electrons. The number of allylic oxidation sites excluding steroid dienone is 1. The van der Waals surface area contributed by atoms with Gasteiger partial charge in [-0.25, -0.2) is 4.79 Å². The zero-order valence-corrected chi connectivity index (χ0v) is 9.63. The summed E-state index contributed by atoms with van der Waals surface area (Å²) in [6.07, 6.45) is 4.68. The molecule has 0 fully saturated rings. The van der Waals surface area contributed by atoms with Crippen molar-refractivity contribution in [1.29, 1.82) is 0 Å². The normalized spacial score (nSPS) is 10.8. The van der Waals surface area contributed by atoms with Crippen molar-refractivity contribution in [3.05, 3.63) is 40.4 Å². The summed E-state index contributed by atoms with van der Waals surface area (Å²) >= 11 is 9.99. The average molecular weight is 243 g/mol. The van der Waals surface area contributed by atoms with Crippen LogP contribution in [-0.4, -0.2) is 16.8 Å². The molecule has 0 spiro atoms. The predicted octanol–water partition coefficient (Wildman–Crippen LogP) is 3.37. The molecule has 0 aromatic heterocycles. The first-order chi connectivity index (χ1) is 7.15. The van der Waals surface area contributed by atoms with E-state index in [1.165, 1.54) is 12.1 Å². The van der Waals surface area contributed by atoms with Gasteiger partial charge in [-0.15, -0.1) is 0 Å². The molecule has 1 aromatic rings. The molecule has 1 aromatic carbocycles. The number of halogens is 1. The molecular weight excluding hydrogens is 232 g/mol. The van der Waals surface area contributed by atoms with Crippen molar-refractivity contribution in [1.82, 2.24) is 0 Å². The van der Waals surface area contributed by atoms with E-state index in [1.807, 2.05) is 12.2 Å². The van der Waals surface area contributed by atoms with Gasteiger partial charge in [0.25, 0.3) is 0 Å². The van der Waals surface area contributed by atoms with Gasteiger partial charge < -0.3 is 5.11 Å². The van der Waals surface area contributed by atoms with Crippen molar-refractivity contribution >= 4 is 36.3 Å². The average Bonchev–Trinajstić information content (AvgIpc) is 2.20. The summed E-state index contributed by atoms with van der Waals surface area (Å²) in [5.74, 6) is -0.191. The van der Waals surface area contributed by atoms with Gasteiger partial charge in [0, 0.05) is 5.02 Å². The molecule has 0 unspecified atom stereocenters. The third-order valence-corrected chi connectivity index (χ3v) is 2.43. The van der Waals surface area contributed by atoms with Crippen LogP contribution in [0.5, 0.6) is 0 Å². The molecule has 2 nitrogen and oxygen atoms in total. The van der Waals surface area contributed by atoms with E-state index >= 15 is 0 Å². The molecule has 0 aliphatic carbocycles. The summed E-state index contributed by atoms with van der Waals surface area (Å²) in [6, 6.07) is 4.68. The minimum atomic E-state index is -0.970. The van der Waals surface area contributed by atoms with Crippen molar-refractivity contribution < 1.29 is 9.90 Å². The summed E-state index contributed by atoms with van der Waals surface area (Å²) in [7, 11) is 0. The van der Waals surface area contributed by atoms with E-state index in [4.69, 9.17) is 16.7 Å². The lowest BCUT2D eigenvalue weighted by molar-refractivity contribution is 0.0697. The fraction of sp³-hybridized carbons (Fsp3) is 0.182. The lowest BCUT2D eigenvalue weighted by Crippen LogP contribution is -1.95. The number of rotatable bonds is 4. The van der Waals surface area contributed by atoms with Gasteiger partial charge in [0.15, 0.2) is 0 Å². The van der Waals surface area contributed by atoms with Crippen LogP contribution < -0.4 is 0 Å². The number of thiol groups is 1. The highest BCUT2D eigenvalue weighted by Gasteiger charge is 2.04. The van der Waals surface area contributed by atoms with Crippen LogP contribution in [0.15, 0.2) is 24.3 Å². The Morgan fingerprint density at radius 3 is 2.80 bits per heavy atom. The Morgan fingerprint density at radius 1 is 1.53 bits per heavy atom. The smallest absolute Gasteiger partial charge is 0.335 e. The fourth-order valence-electron chi connectivity index (χ4n) is 1.08. The molecule has 0 saturated carbocycles. The molecule has 0 aliphatic heterocycles. The van der Waals surface area contributed by atoms with Crippen LogP contribution >= 0.6 is 24.2 Å². The van der Waals surface area contributed by atoms with Gasteiger partial charge in [0.1, 0.15) is 0 Å². The predicted molar refractivity (Wildman–Crippen MR) is 65.9 cm³/mol. The molecule has 0 aliphatic rings. The number of aromatic carboxylic acids is 1. The molecule has 1 rings (SSSR count). The highest BCUT2D eigenvalue weighted by molar-refractivity contribution is 7.80. The van der Waals surface area contributed by atoms with Gasteiger partial charge in [0.2, 0.25) is 0 Å². The fourth-order valence-corrected chi connectivity index (χ4v) is 1.47. The number of hydrogen-bond acceptors (Lipinski definition) is 2. The third-order valence-electron chi connectivity index (χ3n) is 1.84. The van der Waals surface area contributed by atoms with Crippen molar-refractivity contribution in [3.8, 4) is 0 Å². The third kappa shape index (κ3) is 3.61. The monoisotopic (exact) mass is 242 g/mol. The van der Waals surface area contributed by atoms with Crippen molar-refractivity contribution in [2.24, 2.45) is 0 Å². The van der Waals surface area contributed by atoms with E-state index in [9.17, 15) is 4.79 Å². The van der Waals surface area contributed by atoms with Gasteiger partial charge in [-0.3, -0.25) is 0 Å². The van der Waals surface area contributed by atoms with Crippen molar-refractivity contribution in [3.63, 3.8) is 0 Å². The molecule has 4 heteroatoms. The maximum absolute atomic E-state index is 10.6. The molecule has 1 N–H and O–H groups in total. The topological polar surface area (TPSA) is 37.3 Å². The van der Waals surface area contributed by atoms with Crippen LogP contribution in [0.1, 0.15) is 22.3 Å². The Balaban J connectivity index is 2.88. The number of carbonyl (C=O) groups is 1. The van der Waals surface area contributed by atoms with Crippen LogP contribution in [0.2, 0.25) is 5.02 Å². The second-order valence-electron chi connectivity index (χ2n) is 2.96. The maximum Gasteiger partial charge on any atom is 0.335 e. The van der Waals surface area contributed by atoms with Crippen LogP contribution in [0.4, 0.5) is 0 Å². The standard InChI is InChI=1S/C11H11ClO2S/c12-10-7-9(11(13)14)5-4-8(10)3-1-2-6-15/h1,3-5,7,15H,2,6H2,(H,13,14). The quantitative estimate of drug-likeness (QED) is 0.795. The first-order valence-electron chi connectivity index (χ1n) is 4.45. The molecule has 0 radical (unpaired) electrons. The summed E-state index contributed by atoms with van der Waals surface area (Å²) in [5.41, 5.74) is 1.02. The second-order valence-corrected chi connectivity index (χ2v) is 3.81. The van der Waals surface area contributed by atoms with Gasteiger partial charge >= 0.3 is 5.97 Å². The van der Waals surface area contributed by atoms with Crippen LogP contribution in [0.25, 0.3) is 6.08 Å². The Labute approximate surface area is 99.0 Å². The Morgan fingerprint density at radius 2 is 2.27 bits per heavy atom. The Bertz CT molecular complexity index is 388.